The summed E-state index contributed by atoms with van der Waals surface area (Å²) in [6.45, 7) is 6.65. The Kier molecular flexibility index (Phi) is 4.80. The van der Waals surface area contributed by atoms with Gasteiger partial charge in [-0.05, 0) is 6.42 Å². The average Bonchev–Trinajstić information content (AvgIpc) is 2.16. The Labute approximate surface area is 94.5 Å². The third-order valence-electron chi connectivity index (χ3n) is 2.64. The second-order valence-corrected chi connectivity index (χ2v) is 4.39. The lowest BCUT2D eigenvalue weighted by Crippen LogP contribution is -2.38. The average molecular weight is 236 g/mol. The van der Waals surface area contributed by atoms with Gasteiger partial charge in [0, 0.05) is 37.8 Å². The molecule has 0 aromatic carbocycles. The Morgan fingerprint density at radius 2 is 2.12 bits per heavy atom. The number of halogens is 3. The fraction of sp³-hybridized carbons (Fsp3) is 0.818. The van der Waals surface area contributed by atoms with Crippen molar-refractivity contribution in [3.8, 4) is 0 Å². The molecular formula is C11H19F3N2. The smallest absolute Gasteiger partial charge is 0.313 e. The maximum atomic E-state index is 12.3. The van der Waals surface area contributed by atoms with Gasteiger partial charge in [-0.3, -0.25) is 4.90 Å². The van der Waals surface area contributed by atoms with Crippen molar-refractivity contribution in [2.45, 2.75) is 32.5 Å². The van der Waals surface area contributed by atoms with E-state index in [1.54, 1.807) is 0 Å². The lowest BCUT2D eigenvalue weighted by atomic mass is 10.1. The topological polar surface area (TPSA) is 15.3 Å². The number of nitrogens with one attached hydrogen (secondary N) is 1. The van der Waals surface area contributed by atoms with Gasteiger partial charge in [0.1, 0.15) is 0 Å². The van der Waals surface area contributed by atoms with E-state index in [2.05, 4.69) is 19.2 Å². The van der Waals surface area contributed by atoms with Gasteiger partial charge >= 0.3 is 6.18 Å². The van der Waals surface area contributed by atoms with E-state index in [1.165, 1.54) is 6.08 Å². The van der Waals surface area contributed by atoms with Crippen LogP contribution in [0.5, 0.6) is 0 Å². The van der Waals surface area contributed by atoms with E-state index < -0.39 is 6.18 Å². The summed E-state index contributed by atoms with van der Waals surface area (Å²) in [6, 6.07) is 0.422. The molecule has 0 aromatic heterocycles. The second kappa shape index (κ2) is 5.68. The van der Waals surface area contributed by atoms with E-state index >= 15 is 0 Å². The van der Waals surface area contributed by atoms with E-state index in [0.29, 0.717) is 19.1 Å². The summed E-state index contributed by atoms with van der Waals surface area (Å²) in [5.41, 5.74) is -0.374. The third kappa shape index (κ3) is 4.53. The van der Waals surface area contributed by atoms with Gasteiger partial charge in [-0.15, -0.1) is 0 Å². The van der Waals surface area contributed by atoms with Crippen LogP contribution in [0.25, 0.3) is 0 Å². The van der Waals surface area contributed by atoms with E-state index in [1.807, 2.05) is 4.90 Å². The minimum absolute atomic E-state index is 0.116. The maximum absolute atomic E-state index is 12.3. The molecule has 1 N–H and O–H groups in total. The molecule has 0 fully saturated rings. The van der Waals surface area contributed by atoms with Crippen LogP contribution in [-0.4, -0.2) is 43.3 Å². The highest BCUT2D eigenvalue weighted by molar-refractivity contribution is 5.12. The Hall–Kier alpha value is -0.550. The van der Waals surface area contributed by atoms with Crippen molar-refractivity contribution in [1.29, 1.82) is 0 Å². The minimum atomic E-state index is -4.14. The summed E-state index contributed by atoms with van der Waals surface area (Å²) in [5, 5.41) is 3.25. The molecule has 0 amide bonds. The number of alkyl halides is 3. The predicted molar refractivity (Wildman–Crippen MR) is 58.3 cm³/mol. The highest BCUT2D eigenvalue weighted by Gasteiger charge is 2.34. The largest absolute Gasteiger partial charge is 0.412 e. The molecule has 2 nitrogen and oxygen atoms in total. The molecular weight excluding hydrogens is 217 g/mol. The SMILES string of the molecule is CC(C)NCCN1CC=C(C(F)(F)F)CC1. The van der Waals surface area contributed by atoms with Gasteiger partial charge in [-0.1, -0.05) is 19.9 Å². The van der Waals surface area contributed by atoms with Gasteiger partial charge in [0.15, 0.2) is 0 Å². The Morgan fingerprint density at radius 3 is 2.56 bits per heavy atom. The van der Waals surface area contributed by atoms with Crippen LogP contribution in [0, 0.1) is 0 Å². The molecule has 0 saturated heterocycles. The molecule has 1 rings (SSSR count). The molecule has 1 aliphatic rings. The highest BCUT2D eigenvalue weighted by Crippen LogP contribution is 2.29. The van der Waals surface area contributed by atoms with Crippen molar-refractivity contribution in [3.05, 3.63) is 11.6 Å². The Morgan fingerprint density at radius 1 is 1.44 bits per heavy atom. The van der Waals surface area contributed by atoms with E-state index in [4.69, 9.17) is 0 Å². The van der Waals surface area contributed by atoms with Gasteiger partial charge in [0.2, 0.25) is 0 Å². The molecule has 0 aliphatic carbocycles. The standard InChI is InChI=1S/C11H19F3N2/c1-9(2)15-5-8-16-6-3-10(4-7-16)11(12,13)14/h3,9,15H,4-8H2,1-2H3. The number of hydrogen-bond acceptors (Lipinski definition) is 2. The molecule has 0 aromatic rings. The molecule has 0 spiro atoms. The number of nitrogens with zero attached hydrogens (tertiary/aromatic N) is 1. The van der Waals surface area contributed by atoms with Crippen molar-refractivity contribution < 1.29 is 13.2 Å². The van der Waals surface area contributed by atoms with Crippen LogP contribution in [0.2, 0.25) is 0 Å². The van der Waals surface area contributed by atoms with Crippen molar-refractivity contribution in [2.24, 2.45) is 0 Å². The highest BCUT2D eigenvalue weighted by atomic mass is 19.4. The molecule has 94 valence electrons. The molecule has 1 heterocycles. The van der Waals surface area contributed by atoms with Crippen molar-refractivity contribution in [3.63, 3.8) is 0 Å². The normalized spacial score (nSPS) is 19.0. The van der Waals surface area contributed by atoms with E-state index in [-0.39, 0.29) is 12.0 Å². The summed E-state index contributed by atoms with van der Waals surface area (Å²) < 4.78 is 37.0. The first-order valence-electron chi connectivity index (χ1n) is 5.61. The lowest BCUT2D eigenvalue weighted by molar-refractivity contribution is -0.0959. The fourth-order valence-electron chi connectivity index (χ4n) is 1.68. The molecule has 16 heavy (non-hydrogen) atoms. The second-order valence-electron chi connectivity index (χ2n) is 4.39. The van der Waals surface area contributed by atoms with Crippen molar-refractivity contribution in [2.75, 3.05) is 26.2 Å². The van der Waals surface area contributed by atoms with Crippen molar-refractivity contribution >= 4 is 0 Å². The summed E-state index contributed by atoms with van der Waals surface area (Å²) in [4.78, 5) is 2.03. The quantitative estimate of drug-likeness (QED) is 0.753. The van der Waals surface area contributed by atoms with Gasteiger partial charge in [-0.25, -0.2) is 0 Å². The summed E-state index contributed by atoms with van der Waals surface area (Å²) >= 11 is 0. The first kappa shape index (κ1) is 13.5. The first-order valence-corrected chi connectivity index (χ1v) is 5.61. The predicted octanol–water partition coefficient (Wildman–Crippen LogP) is 2.18. The summed E-state index contributed by atoms with van der Waals surface area (Å²) in [5.74, 6) is 0. The van der Waals surface area contributed by atoms with E-state index in [9.17, 15) is 13.2 Å². The van der Waals surface area contributed by atoms with Crippen LogP contribution in [-0.2, 0) is 0 Å². The Balaban J connectivity index is 2.29. The zero-order valence-electron chi connectivity index (χ0n) is 9.77. The first-order chi connectivity index (χ1) is 7.39. The third-order valence-corrected chi connectivity index (χ3v) is 2.64. The van der Waals surface area contributed by atoms with Crippen LogP contribution in [0.1, 0.15) is 20.3 Å². The monoisotopic (exact) mass is 236 g/mol. The fourth-order valence-corrected chi connectivity index (χ4v) is 1.68. The van der Waals surface area contributed by atoms with Crippen LogP contribution in [0.15, 0.2) is 11.6 Å². The van der Waals surface area contributed by atoms with Crippen molar-refractivity contribution in [1.82, 2.24) is 10.2 Å². The number of hydrogen-bond donors (Lipinski definition) is 1. The van der Waals surface area contributed by atoms with Crippen LogP contribution >= 0.6 is 0 Å². The molecule has 0 atom stereocenters. The van der Waals surface area contributed by atoms with Gasteiger partial charge in [-0.2, -0.15) is 13.2 Å². The zero-order valence-corrected chi connectivity index (χ0v) is 9.77. The zero-order chi connectivity index (χ0) is 12.2. The Bertz CT molecular complexity index is 246. The molecule has 0 radical (unpaired) electrons. The number of rotatable bonds is 4. The minimum Gasteiger partial charge on any atom is -0.313 e. The molecule has 0 unspecified atom stereocenters. The van der Waals surface area contributed by atoms with Gasteiger partial charge in [0.25, 0.3) is 0 Å². The molecule has 0 bridgehead atoms. The summed E-state index contributed by atoms with van der Waals surface area (Å²) in [6.07, 6.45) is -2.72. The molecule has 5 heteroatoms. The van der Waals surface area contributed by atoms with Crippen LogP contribution in [0.4, 0.5) is 13.2 Å². The lowest BCUT2D eigenvalue weighted by Gasteiger charge is -2.27. The molecule has 1 aliphatic heterocycles. The molecule has 0 saturated carbocycles. The van der Waals surface area contributed by atoms with Gasteiger partial charge < -0.3 is 5.32 Å². The van der Waals surface area contributed by atoms with Gasteiger partial charge in [0.05, 0.1) is 0 Å². The van der Waals surface area contributed by atoms with Crippen LogP contribution in [0.3, 0.4) is 0 Å². The maximum Gasteiger partial charge on any atom is 0.412 e. The summed E-state index contributed by atoms with van der Waals surface area (Å²) in [7, 11) is 0. The van der Waals surface area contributed by atoms with E-state index in [0.717, 1.165) is 13.1 Å². The van der Waals surface area contributed by atoms with Crippen LogP contribution < -0.4 is 5.32 Å².